The Morgan fingerprint density at radius 3 is 2.12 bits per heavy atom. The fourth-order valence-corrected chi connectivity index (χ4v) is 13.4. The summed E-state index contributed by atoms with van der Waals surface area (Å²) < 4.78 is 38.2. The Morgan fingerprint density at radius 2 is 1.40 bits per heavy atom. The van der Waals surface area contributed by atoms with Gasteiger partial charge in [0.25, 0.3) is 0 Å². The first-order valence-electron chi connectivity index (χ1n) is 20.6. The van der Waals surface area contributed by atoms with E-state index in [0.29, 0.717) is 47.5 Å². The van der Waals surface area contributed by atoms with E-state index in [-0.39, 0.29) is 22.7 Å². The van der Waals surface area contributed by atoms with Crippen LogP contribution in [0.5, 0.6) is 0 Å². The van der Waals surface area contributed by atoms with Crippen molar-refractivity contribution in [2.45, 2.75) is 172 Å². The van der Waals surface area contributed by atoms with E-state index < -0.39 is 74.4 Å². The Bertz CT molecular complexity index is 1260. The molecule has 6 N–H and O–H groups in total. The molecule has 52 heavy (non-hydrogen) atoms. The smallest absolute Gasteiger partial charge is 0.187 e. The summed E-state index contributed by atoms with van der Waals surface area (Å²) in [7, 11) is 0. The van der Waals surface area contributed by atoms with Crippen LogP contribution in [0.25, 0.3) is 0 Å². The zero-order valence-electron chi connectivity index (χ0n) is 31.8. The second kappa shape index (κ2) is 14.2. The molecule has 12 heteroatoms. The molecule has 4 aliphatic heterocycles. The van der Waals surface area contributed by atoms with Gasteiger partial charge in [-0.3, -0.25) is 0 Å². The number of fused-ring (bicyclic) bond motifs is 7. The molecule has 0 aromatic rings. The molecule has 0 aromatic carbocycles. The Kier molecular flexibility index (Phi) is 10.5. The molecule has 1 spiro atoms. The van der Waals surface area contributed by atoms with Gasteiger partial charge in [0, 0.05) is 18.3 Å². The van der Waals surface area contributed by atoms with Gasteiger partial charge in [-0.15, -0.1) is 0 Å². The van der Waals surface area contributed by atoms with Gasteiger partial charge in [-0.25, -0.2) is 0 Å². The lowest BCUT2D eigenvalue weighted by atomic mass is 9.44. The highest BCUT2D eigenvalue weighted by Gasteiger charge is 2.69. The second-order valence-corrected chi connectivity index (χ2v) is 19.1. The van der Waals surface area contributed by atoms with Crippen LogP contribution in [-0.4, -0.2) is 124 Å². The Balaban J connectivity index is 0.942. The number of aliphatic hydroxyl groups excluding tert-OH is 6. The molecule has 4 heterocycles. The highest BCUT2D eigenvalue weighted by molar-refractivity contribution is 5.15. The Labute approximate surface area is 308 Å². The quantitative estimate of drug-likeness (QED) is 0.220. The summed E-state index contributed by atoms with van der Waals surface area (Å²) in [5, 5.41) is 62.1. The predicted molar refractivity (Wildman–Crippen MR) is 186 cm³/mol. The van der Waals surface area contributed by atoms with Crippen LogP contribution in [-0.2, 0) is 28.4 Å². The van der Waals surface area contributed by atoms with Gasteiger partial charge in [0.15, 0.2) is 18.4 Å². The molecule has 0 bridgehead atoms. The molecule has 8 aliphatic rings. The van der Waals surface area contributed by atoms with Crippen molar-refractivity contribution in [1.29, 1.82) is 0 Å². The number of aliphatic hydroxyl groups is 6. The normalized spacial score (nSPS) is 59.0. The minimum Gasteiger partial charge on any atom is -0.394 e. The van der Waals surface area contributed by atoms with Crippen molar-refractivity contribution in [3.8, 4) is 0 Å². The first-order chi connectivity index (χ1) is 24.7. The van der Waals surface area contributed by atoms with E-state index in [9.17, 15) is 30.6 Å². The Morgan fingerprint density at radius 1 is 0.692 bits per heavy atom. The molecule has 12 nitrogen and oxygen atoms in total. The molecule has 22 unspecified atom stereocenters. The SMILES string of the molecule is CC1CCC2(OC1)OC1CC3C4CCC5CC(OC6OC(CO)C(O)C(C)C6OC6OC(CO)C(O)C(O)C6O)CCC5(C)C4CCC3(C)C1C2C. The number of hydrogen-bond acceptors (Lipinski definition) is 12. The summed E-state index contributed by atoms with van der Waals surface area (Å²) >= 11 is 0. The highest BCUT2D eigenvalue weighted by atomic mass is 16.8. The van der Waals surface area contributed by atoms with Gasteiger partial charge >= 0.3 is 0 Å². The summed E-state index contributed by atoms with van der Waals surface area (Å²) in [5.41, 5.74) is 0.498. The zero-order valence-corrected chi connectivity index (χ0v) is 31.8. The first-order valence-corrected chi connectivity index (χ1v) is 20.6. The zero-order chi connectivity index (χ0) is 36.9. The van der Waals surface area contributed by atoms with Crippen LogP contribution < -0.4 is 0 Å². The van der Waals surface area contributed by atoms with Gasteiger partial charge in [-0.1, -0.05) is 34.6 Å². The molecular formula is C40H66O12. The van der Waals surface area contributed by atoms with Crippen molar-refractivity contribution in [1.82, 2.24) is 0 Å². The van der Waals surface area contributed by atoms with E-state index in [4.69, 9.17) is 28.4 Å². The average molecular weight is 739 g/mol. The monoisotopic (exact) mass is 738 g/mol. The van der Waals surface area contributed by atoms with Crippen molar-refractivity contribution in [3.63, 3.8) is 0 Å². The first kappa shape index (κ1) is 38.4. The third-order valence-corrected chi connectivity index (χ3v) is 16.5. The summed E-state index contributed by atoms with van der Waals surface area (Å²) in [6, 6.07) is 0. The topological polar surface area (TPSA) is 177 Å². The van der Waals surface area contributed by atoms with Crippen LogP contribution in [0, 0.1) is 58.2 Å². The maximum absolute atomic E-state index is 11.0. The van der Waals surface area contributed by atoms with Crippen molar-refractivity contribution in [2.75, 3.05) is 19.8 Å². The predicted octanol–water partition coefficient (Wildman–Crippen LogP) is 2.72. The van der Waals surface area contributed by atoms with Crippen molar-refractivity contribution in [3.05, 3.63) is 0 Å². The van der Waals surface area contributed by atoms with Crippen molar-refractivity contribution in [2.24, 2.45) is 58.2 Å². The summed E-state index contributed by atoms with van der Waals surface area (Å²) in [6.45, 7) is 11.4. The van der Waals surface area contributed by atoms with Crippen LogP contribution >= 0.6 is 0 Å². The molecule has 0 radical (unpaired) electrons. The summed E-state index contributed by atoms with van der Waals surface area (Å²) in [4.78, 5) is 0. The third kappa shape index (κ3) is 5.99. The number of ether oxygens (including phenoxy) is 6. The molecule has 8 fully saturated rings. The molecule has 0 aromatic heterocycles. The fourth-order valence-electron chi connectivity index (χ4n) is 13.4. The number of rotatable bonds is 6. The lowest BCUT2D eigenvalue weighted by Crippen LogP contribution is -2.63. The fraction of sp³-hybridized carbons (Fsp3) is 1.00. The van der Waals surface area contributed by atoms with E-state index in [2.05, 4.69) is 27.7 Å². The van der Waals surface area contributed by atoms with Crippen LogP contribution in [0.15, 0.2) is 0 Å². The minimum atomic E-state index is -1.60. The van der Waals surface area contributed by atoms with Crippen LogP contribution in [0.4, 0.5) is 0 Å². The van der Waals surface area contributed by atoms with Crippen LogP contribution in [0.1, 0.15) is 98.8 Å². The Hall–Kier alpha value is -0.480. The van der Waals surface area contributed by atoms with E-state index in [0.717, 1.165) is 45.1 Å². The summed E-state index contributed by atoms with van der Waals surface area (Å²) in [6.07, 6.45) is 0.144. The lowest BCUT2D eigenvalue weighted by Gasteiger charge is -2.61. The van der Waals surface area contributed by atoms with Gasteiger partial charge in [0.1, 0.15) is 36.6 Å². The van der Waals surface area contributed by atoms with Gasteiger partial charge < -0.3 is 59.1 Å². The van der Waals surface area contributed by atoms with Crippen LogP contribution in [0.2, 0.25) is 0 Å². The molecule has 4 saturated heterocycles. The number of hydrogen-bond donors (Lipinski definition) is 6. The average Bonchev–Trinajstić information content (AvgIpc) is 3.58. The van der Waals surface area contributed by atoms with Gasteiger partial charge in [-0.05, 0) is 104 Å². The molecular weight excluding hydrogens is 672 g/mol. The van der Waals surface area contributed by atoms with Crippen molar-refractivity contribution < 1.29 is 59.1 Å². The van der Waals surface area contributed by atoms with E-state index in [1.807, 2.05) is 0 Å². The molecule has 8 rings (SSSR count). The van der Waals surface area contributed by atoms with Gasteiger partial charge in [0.05, 0.1) is 38.1 Å². The molecule has 298 valence electrons. The van der Waals surface area contributed by atoms with Gasteiger partial charge in [-0.2, -0.15) is 0 Å². The van der Waals surface area contributed by atoms with E-state index >= 15 is 0 Å². The largest absolute Gasteiger partial charge is 0.394 e. The van der Waals surface area contributed by atoms with Crippen LogP contribution in [0.3, 0.4) is 0 Å². The standard InChI is InChI=1S/C40H66O12/c1-19-8-13-40(47-18-19)21(3)30-27(52-40)15-26-24-7-6-22-14-23(9-11-38(22,4)25(24)10-12-39(26,30)5)48-37-35(20(2)31(43)28(16-41)50-37)51-36-34(46)33(45)32(44)29(17-42)49-36/h19-37,41-46H,6-18H2,1-5H3. The van der Waals surface area contributed by atoms with E-state index in [1.54, 1.807) is 6.92 Å². The molecule has 4 aliphatic carbocycles. The van der Waals surface area contributed by atoms with Gasteiger partial charge in [0.2, 0.25) is 0 Å². The van der Waals surface area contributed by atoms with E-state index in [1.165, 1.54) is 25.7 Å². The maximum Gasteiger partial charge on any atom is 0.187 e. The highest BCUT2D eigenvalue weighted by Crippen LogP contribution is 2.71. The minimum absolute atomic E-state index is 0.120. The summed E-state index contributed by atoms with van der Waals surface area (Å²) in [5.74, 6) is 3.16. The molecule has 22 atom stereocenters. The molecule has 0 amide bonds. The second-order valence-electron chi connectivity index (χ2n) is 19.1. The molecule has 4 saturated carbocycles. The maximum atomic E-state index is 11.0. The lowest BCUT2D eigenvalue weighted by molar-refractivity contribution is -0.366. The third-order valence-electron chi connectivity index (χ3n) is 16.5. The van der Waals surface area contributed by atoms with Crippen molar-refractivity contribution >= 4 is 0 Å².